The van der Waals surface area contributed by atoms with Gasteiger partial charge < -0.3 is 15.5 Å². The summed E-state index contributed by atoms with van der Waals surface area (Å²) in [6, 6.07) is 8.50. The van der Waals surface area contributed by atoms with Gasteiger partial charge >= 0.3 is 5.97 Å². The second-order valence-corrected chi connectivity index (χ2v) is 5.84. The fourth-order valence-corrected chi connectivity index (χ4v) is 3.24. The third kappa shape index (κ3) is 4.07. The topological polar surface area (TPSA) is 86.6 Å². The Morgan fingerprint density at radius 2 is 1.82 bits per heavy atom. The zero-order chi connectivity index (χ0) is 15.9. The number of hydrogen-bond acceptors (Lipinski definition) is 3. The van der Waals surface area contributed by atoms with Crippen LogP contribution in [0.5, 0.6) is 0 Å². The summed E-state index contributed by atoms with van der Waals surface area (Å²) in [5.41, 5.74) is 0.931. The molecule has 1 amide bonds. The van der Waals surface area contributed by atoms with E-state index in [4.69, 9.17) is 10.2 Å². The van der Waals surface area contributed by atoms with Gasteiger partial charge in [0.2, 0.25) is 5.91 Å². The van der Waals surface area contributed by atoms with Crippen molar-refractivity contribution < 1.29 is 19.8 Å². The Morgan fingerprint density at radius 3 is 2.36 bits per heavy atom. The monoisotopic (exact) mass is 305 g/mol. The minimum Gasteiger partial charge on any atom is -0.480 e. The average molecular weight is 305 g/mol. The maximum Gasteiger partial charge on any atom is 0.326 e. The zero-order valence-electron chi connectivity index (χ0n) is 12.6. The summed E-state index contributed by atoms with van der Waals surface area (Å²) in [6.07, 6.45) is 4.23. The quantitative estimate of drug-likeness (QED) is 0.718. The van der Waals surface area contributed by atoms with Gasteiger partial charge in [0, 0.05) is 13.0 Å². The molecule has 0 spiro atoms. The van der Waals surface area contributed by atoms with Crippen molar-refractivity contribution in [2.45, 2.75) is 44.1 Å². The standard InChI is InChI=1S/C17H23NO4/c19-11-10-14(17(21)22)18-16(20)15(13-8-4-5-9-13)12-6-2-1-3-7-12/h1-3,6-7,13-15,19H,4-5,8-11H2,(H,18,20)(H,21,22)/t14-,15?/m0/s1. The van der Waals surface area contributed by atoms with Crippen LogP contribution in [-0.4, -0.2) is 34.7 Å². The first-order valence-electron chi connectivity index (χ1n) is 7.82. The SMILES string of the molecule is O=C(N[C@@H](CCO)C(=O)O)C(c1ccccc1)C1CCCC1. The third-order valence-corrected chi connectivity index (χ3v) is 4.34. The molecule has 2 rings (SSSR count). The molecule has 1 fully saturated rings. The van der Waals surface area contributed by atoms with Gasteiger partial charge in [0.15, 0.2) is 0 Å². The molecule has 0 radical (unpaired) electrons. The van der Waals surface area contributed by atoms with Crippen molar-refractivity contribution in [1.29, 1.82) is 0 Å². The summed E-state index contributed by atoms with van der Waals surface area (Å²) in [4.78, 5) is 23.8. The number of carbonyl (C=O) groups is 2. The van der Waals surface area contributed by atoms with E-state index in [9.17, 15) is 9.59 Å². The molecular weight excluding hydrogens is 282 g/mol. The molecule has 22 heavy (non-hydrogen) atoms. The lowest BCUT2D eigenvalue weighted by Crippen LogP contribution is -2.44. The van der Waals surface area contributed by atoms with Gasteiger partial charge in [0.05, 0.1) is 5.92 Å². The minimum atomic E-state index is -1.11. The van der Waals surface area contributed by atoms with Crippen LogP contribution in [0.15, 0.2) is 30.3 Å². The number of hydrogen-bond donors (Lipinski definition) is 3. The van der Waals surface area contributed by atoms with Crippen molar-refractivity contribution in [3.63, 3.8) is 0 Å². The first-order valence-corrected chi connectivity index (χ1v) is 7.82. The van der Waals surface area contributed by atoms with E-state index in [1.807, 2.05) is 30.3 Å². The fourth-order valence-electron chi connectivity index (χ4n) is 3.24. The van der Waals surface area contributed by atoms with E-state index in [-0.39, 0.29) is 30.8 Å². The van der Waals surface area contributed by atoms with E-state index in [1.54, 1.807) is 0 Å². The second kappa shape index (κ2) is 7.94. The lowest BCUT2D eigenvalue weighted by atomic mass is 9.84. The fraction of sp³-hybridized carbons (Fsp3) is 0.529. The highest BCUT2D eigenvalue weighted by Gasteiger charge is 2.33. The summed E-state index contributed by atoms with van der Waals surface area (Å²) in [5.74, 6) is -1.42. The van der Waals surface area contributed by atoms with Crippen molar-refractivity contribution in [2.75, 3.05) is 6.61 Å². The van der Waals surface area contributed by atoms with Crippen molar-refractivity contribution >= 4 is 11.9 Å². The maximum atomic E-state index is 12.7. The Bertz CT molecular complexity index is 497. The van der Waals surface area contributed by atoms with Crippen molar-refractivity contribution in [1.82, 2.24) is 5.32 Å². The van der Waals surface area contributed by atoms with Gasteiger partial charge in [-0.25, -0.2) is 4.79 Å². The molecule has 0 aliphatic heterocycles. The van der Waals surface area contributed by atoms with E-state index in [0.717, 1.165) is 31.2 Å². The van der Waals surface area contributed by atoms with Gasteiger partial charge in [-0.05, 0) is 24.3 Å². The predicted octanol–water partition coefficient (Wildman–Crippen LogP) is 1.91. The van der Waals surface area contributed by atoms with Gasteiger partial charge in [0.25, 0.3) is 0 Å². The number of rotatable bonds is 7. The van der Waals surface area contributed by atoms with Gasteiger partial charge in [0.1, 0.15) is 6.04 Å². The molecule has 0 aromatic heterocycles. The molecule has 5 heteroatoms. The average Bonchev–Trinajstić information content (AvgIpc) is 3.02. The molecule has 5 nitrogen and oxygen atoms in total. The first kappa shape index (κ1) is 16.5. The van der Waals surface area contributed by atoms with Crippen LogP contribution in [0.25, 0.3) is 0 Å². The molecule has 0 saturated heterocycles. The lowest BCUT2D eigenvalue weighted by molar-refractivity contribution is -0.142. The molecular formula is C17H23NO4. The molecule has 3 N–H and O–H groups in total. The smallest absolute Gasteiger partial charge is 0.326 e. The third-order valence-electron chi connectivity index (χ3n) is 4.34. The molecule has 1 aromatic carbocycles. The Labute approximate surface area is 130 Å². The summed E-state index contributed by atoms with van der Waals surface area (Å²) in [7, 11) is 0. The van der Waals surface area contributed by atoms with Crippen LogP contribution in [0.4, 0.5) is 0 Å². The number of nitrogens with one attached hydrogen (secondary N) is 1. The van der Waals surface area contributed by atoms with Gasteiger partial charge in [-0.2, -0.15) is 0 Å². The van der Waals surface area contributed by atoms with Gasteiger partial charge in [-0.15, -0.1) is 0 Å². The molecule has 1 unspecified atom stereocenters. The maximum absolute atomic E-state index is 12.7. The van der Waals surface area contributed by atoms with Crippen molar-refractivity contribution in [2.24, 2.45) is 5.92 Å². The number of aliphatic hydroxyl groups excluding tert-OH is 1. The van der Waals surface area contributed by atoms with E-state index >= 15 is 0 Å². The predicted molar refractivity (Wildman–Crippen MR) is 82.4 cm³/mol. The van der Waals surface area contributed by atoms with E-state index in [1.165, 1.54) is 0 Å². The molecule has 0 heterocycles. The molecule has 120 valence electrons. The summed E-state index contributed by atoms with van der Waals surface area (Å²) in [5, 5.41) is 20.7. The first-order chi connectivity index (χ1) is 10.6. The van der Waals surface area contributed by atoms with Crippen LogP contribution in [0.3, 0.4) is 0 Å². The largest absolute Gasteiger partial charge is 0.480 e. The molecule has 1 aliphatic rings. The molecule has 0 bridgehead atoms. The Hall–Kier alpha value is -1.88. The number of benzene rings is 1. The van der Waals surface area contributed by atoms with Crippen molar-refractivity contribution in [3.05, 3.63) is 35.9 Å². The normalized spacial score (nSPS) is 17.9. The van der Waals surface area contributed by atoms with Gasteiger partial charge in [-0.3, -0.25) is 4.79 Å². The number of amides is 1. The highest BCUT2D eigenvalue weighted by Crippen LogP contribution is 2.37. The number of carboxylic acid groups (broad SMARTS) is 1. The highest BCUT2D eigenvalue weighted by atomic mass is 16.4. The van der Waals surface area contributed by atoms with E-state index in [0.29, 0.717) is 0 Å². The number of aliphatic hydroxyl groups is 1. The molecule has 1 saturated carbocycles. The number of carboxylic acids is 1. The van der Waals surface area contributed by atoms with Crippen LogP contribution in [0.2, 0.25) is 0 Å². The Morgan fingerprint density at radius 1 is 1.18 bits per heavy atom. The van der Waals surface area contributed by atoms with Crippen LogP contribution in [-0.2, 0) is 9.59 Å². The summed E-state index contributed by atoms with van der Waals surface area (Å²) >= 11 is 0. The zero-order valence-corrected chi connectivity index (χ0v) is 12.6. The Balaban J connectivity index is 2.17. The summed E-state index contributed by atoms with van der Waals surface area (Å²) < 4.78 is 0. The van der Waals surface area contributed by atoms with Gasteiger partial charge in [-0.1, -0.05) is 43.2 Å². The number of aliphatic carboxylic acids is 1. The molecule has 2 atom stereocenters. The minimum absolute atomic E-state index is 0.0211. The number of carbonyl (C=O) groups excluding carboxylic acids is 1. The van der Waals surface area contributed by atoms with Crippen molar-refractivity contribution in [3.8, 4) is 0 Å². The van der Waals surface area contributed by atoms with Crippen LogP contribution in [0.1, 0.15) is 43.6 Å². The van der Waals surface area contributed by atoms with E-state index in [2.05, 4.69) is 5.32 Å². The van der Waals surface area contributed by atoms with E-state index < -0.39 is 12.0 Å². The Kier molecular flexibility index (Phi) is 5.95. The molecule has 1 aliphatic carbocycles. The summed E-state index contributed by atoms with van der Waals surface area (Å²) in [6.45, 7) is -0.267. The lowest BCUT2D eigenvalue weighted by Gasteiger charge is -2.25. The molecule has 1 aromatic rings. The van der Waals surface area contributed by atoms with Crippen LogP contribution < -0.4 is 5.32 Å². The highest BCUT2D eigenvalue weighted by molar-refractivity contribution is 5.88. The second-order valence-electron chi connectivity index (χ2n) is 5.84. The van der Waals surface area contributed by atoms with Crippen LogP contribution in [0, 0.1) is 5.92 Å². The van der Waals surface area contributed by atoms with Crippen LogP contribution >= 0.6 is 0 Å².